The number of pyridine rings is 2. The lowest BCUT2D eigenvalue weighted by Gasteiger charge is -2.32. The number of halogens is 2. The molecule has 8 nitrogen and oxygen atoms in total. The molecule has 35 heavy (non-hydrogen) atoms. The number of hydrogen-bond donors (Lipinski definition) is 1. The summed E-state index contributed by atoms with van der Waals surface area (Å²) < 4.78 is 5.57. The fourth-order valence-corrected chi connectivity index (χ4v) is 5.46. The van der Waals surface area contributed by atoms with Crippen LogP contribution in [0.15, 0.2) is 24.3 Å². The van der Waals surface area contributed by atoms with Gasteiger partial charge in [0.1, 0.15) is 15.9 Å². The summed E-state index contributed by atoms with van der Waals surface area (Å²) in [6.45, 7) is 9.74. The number of carbonyl (C=O) groups excluding carboxylic acids is 1. The number of ether oxygens (including phenoxy) is 1. The van der Waals surface area contributed by atoms with Crippen LogP contribution in [0.1, 0.15) is 46.5 Å². The van der Waals surface area contributed by atoms with E-state index in [9.17, 15) is 4.79 Å². The van der Waals surface area contributed by atoms with Crippen LogP contribution in [-0.2, 0) is 4.74 Å². The van der Waals surface area contributed by atoms with Gasteiger partial charge in [-0.15, -0.1) is 0 Å². The van der Waals surface area contributed by atoms with E-state index >= 15 is 0 Å². The van der Waals surface area contributed by atoms with Crippen molar-refractivity contribution in [3.63, 3.8) is 0 Å². The molecule has 6 aliphatic rings. The standard InChI is InChI=1S/C15H20ClN3O2.C10H12ClN3/c1-15(2,3)21-14(20)19-10-6-8-18(9-7-10)11-4-5-12(16)17-13(11)19;11-9-2-1-8-10(13-9)12-7-3-5-14(8)6-4-7/h4-5,10H,6-9H2,1-3H3;1-2,7H,3-6H2,(H,12,13). The molecule has 0 spiro atoms. The molecule has 10 heteroatoms. The Balaban J connectivity index is 0.000000156. The molecule has 8 rings (SSSR count). The minimum absolute atomic E-state index is 0.128. The molecule has 6 aliphatic heterocycles. The number of hydrogen-bond acceptors (Lipinski definition) is 7. The van der Waals surface area contributed by atoms with Crippen molar-refractivity contribution in [1.82, 2.24) is 9.97 Å². The number of carbonyl (C=O) groups is 1. The summed E-state index contributed by atoms with van der Waals surface area (Å²) in [5.74, 6) is 1.58. The van der Waals surface area contributed by atoms with Crippen LogP contribution in [-0.4, -0.2) is 59.9 Å². The molecule has 2 fully saturated rings. The molecule has 8 heterocycles. The molecule has 0 unspecified atom stereocenters. The first-order chi connectivity index (χ1) is 16.7. The second-order valence-electron chi connectivity index (χ2n) is 10.5. The molecular weight excluding hydrogens is 487 g/mol. The summed E-state index contributed by atoms with van der Waals surface area (Å²) in [4.78, 5) is 27.7. The molecule has 0 atom stereocenters. The number of piperidine rings is 2. The highest BCUT2D eigenvalue weighted by Gasteiger charge is 2.39. The van der Waals surface area contributed by atoms with E-state index in [2.05, 4.69) is 31.2 Å². The van der Waals surface area contributed by atoms with Crippen LogP contribution in [0.3, 0.4) is 0 Å². The van der Waals surface area contributed by atoms with Crippen LogP contribution in [0.25, 0.3) is 0 Å². The predicted molar refractivity (Wildman–Crippen MR) is 141 cm³/mol. The zero-order valence-electron chi connectivity index (χ0n) is 20.4. The average Bonchev–Trinajstić information content (AvgIpc) is 3.21. The van der Waals surface area contributed by atoms with Crippen molar-refractivity contribution in [3.05, 3.63) is 34.6 Å². The third-order valence-electron chi connectivity index (χ3n) is 6.83. The molecular formula is C25H32Cl2N6O2. The lowest BCUT2D eigenvalue weighted by Crippen LogP contribution is -2.46. The van der Waals surface area contributed by atoms with Gasteiger partial charge in [-0.25, -0.2) is 14.8 Å². The monoisotopic (exact) mass is 518 g/mol. The van der Waals surface area contributed by atoms with Crippen molar-refractivity contribution in [3.8, 4) is 0 Å². The number of rotatable bonds is 0. The molecule has 2 saturated heterocycles. The molecule has 4 bridgehead atoms. The summed E-state index contributed by atoms with van der Waals surface area (Å²) >= 11 is 11.9. The van der Waals surface area contributed by atoms with Crippen molar-refractivity contribution < 1.29 is 9.53 Å². The Bertz CT molecular complexity index is 1090. The Morgan fingerprint density at radius 1 is 0.914 bits per heavy atom. The van der Waals surface area contributed by atoms with Gasteiger partial charge in [0.25, 0.3) is 0 Å². The van der Waals surface area contributed by atoms with Crippen LogP contribution in [0.4, 0.5) is 27.8 Å². The molecule has 2 aromatic rings. The van der Waals surface area contributed by atoms with Crippen molar-refractivity contribution in [2.45, 2.75) is 64.1 Å². The van der Waals surface area contributed by atoms with Gasteiger partial charge in [0.15, 0.2) is 11.6 Å². The first-order valence-electron chi connectivity index (χ1n) is 12.3. The average molecular weight is 519 g/mol. The lowest BCUT2D eigenvalue weighted by molar-refractivity contribution is 0.0561. The van der Waals surface area contributed by atoms with Gasteiger partial charge in [0, 0.05) is 38.3 Å². The smallest absolute Gasteiger partial charge is 0.416 e. The van der Waals surface area contributed by atoms with Gasteiger partial charge in [0.05, 0.1) is 11.4 Å². The van der Waals surface area contributed by atoms with Crippen LogP contribution in [0, 0.1) is 0 Å². The highest BCUT2D eigenvalue weighted by atomic mass is 35.5. The summed E-state index contributed by atoms with van der Waals surface area (Å²) in [6, 6.07) is 8.34. The SMILES string of the molecule is CC(C)(C)OC(=O)N1c2nc(Cl)ccc2N2CCC1CC2.Clc1ccc2c(n1)NC1CCN2CC1. The number of amides is 1. The van der Waals surface area contributed by atoms with Gasteiger partial charge >= 0.3 is 6.09 Å². The molecule has 1 N–H and O–H groups in total. The normalized spacial score (nSPS) is 19.2. The highest BCUT2D eigenvalue weighted by Crippen LogP contribution is 2.39. The van der Waals surface area contributed by atoms with Gasteiger partial charge in [0.2, 0.25) is 0 Å². The lowest BCUT2D eigenvalue weighted by atomic mass is 10.1. The van der Waals surface area contributed by atoms with Crippen LogP contribution in [0.2, 0.25) is 10.3 Å². The summed E-state index contributed by atoms with van der Waals surface area (Å²) in [5.41, 5.74) is 1.64. The maximum atomic E-state index is 12.6. The predicted octanol–water partition coefficient (Wildman–Crippen LogP) is 5.59. The Labute approximate surface area is 216 Å². The second-order valence-corrected chi connectivity index (χ2v) is 11.2. The zero-order chi connectivity index (χ0) is 24.7. The van der Waals surface area contributed by atoms with E-state index in [-0.39, 0.29) is 12.1 Å². The summed E-state index contributed by atoms with van der Waals surface area (Å²) in [6.07, 6.45) is 3.91. The van der Waals surface area contributed by atoms with Crippen molar-refractivity contribution >= 4 is 52.3 Å². The van der Waals surface area contributed by atoms with E-state index in [4.69, 9.17) is 27.9 Å². The van der Waals surface area contributed by atoms with Crippen LogP contribution >= 0.6 is 23.2 Å². The van der Waals surface area contributed by atoms with E-state index in [0.717, 1.165) is 50.5 Å². The zero-order valence-corrected chi connectivity index (χ0v) is 21.9. The van der Waals surface area contributed by atoms with Gasteiger partial charge in [-0.2, -0.15) is 0 Å². The maximum absolute atomic E-state index is 12.6. The van der Waals surface area contributed by atoms with Gasteiger partial charge < -0.3 is 19.9 Å². The number of nitrogens with zero attached hydrogens (tertiary/aromatic N) is 5. The first-order valence-corrected chi connectivity index (χ1v) is 13.1. The van der Waals surface area contributed by atoms with Crippen molar-refractivity contribution in [1.29, 1.82) is 0 Å². The maximum Gasteiger partial charge on any atom is 0.416 e. The Hall–Kier alpha value is -2.45. The number of aromatic nitrogens is 2. The molecule has 0 aliphatic carbocycles. The number of nitrogens with one attached hydrogen (secondary N) is 1. The van der Waals surface area contributed by atoms with Gasteiger partial charge in [-0.3, -0.25) is 4.90 Å². The highest BCUT2D eigenvalue weighted by molar-refractivity contribution is 6.30. The minimum Gasteiger partial charge on any atom is -0.443 e. The Morgan fingerprint density at radius 3 is 2.14 bits per heavy atom. The Morgan fingerprint density at radius 2 is 1.49 bits per heavy atom. The molecule has 0 saturated carbocycles. The van der Waals surface area contributed by atoms with E-state index < -0.39 is 5.60 Å². The third-order valence-corrected chi connectivity index (χ3v) is 7.25. The fourth-order valence-electron chi connectivity index (χ4n) is 5.17. The van der Waals surface area contributed by atoms with Crippen molar-refractivity contribution in [2.24, 2.45) is 0 Å². The van der Waals surface area contributed by atoms with Gasteiger partial charge in [-0.05, 0) is 70.7 Å². The van der Waals surface area contributed by atoms with E-state index in [1.165, 1.54) is 18.5 Å². The minimum atomic E-state index is -0.527. The second kappa shape index (κ2) is 9.54. The van der Waals surface area contributed by atoms with Crippen LogP contribution in [0.5, 0.6) is 0 Å². The molecule has 188 valence electrons. The molecule has 0 radical (unpaired) electrons. The topological polar surface area (TPSA) is 73.8 Å². The first kappa shape index (κ1) is 24.3. The molecule has 2 aromatic heterocycles. The number of fused-ring (bicyclic) bond motifs is 4. The van der Waals surface area contributed by atoms with Crippen molar-refractivity contribution in [2.75, 3.05) is 46.2 Å². The Kier molecular flexibility index (Phi) is 6.61. The van der Waals surface area contributed by atoms with Crippen LogP contribution < -0.4 is 20.0 Å². The summed E-state index contributed by atoms with van der Waals surface area (Å²) in [7, 11) is 0. The van der Waals surface area contributed by atoms with Gasteiger partial charge in [-0.1, -0.05) is 23.2 Å². The fraction of sp³-hybridized carbons (Fsp3) is 0.560. The largest absolute Gasteiger partial charge is 0.443 e. The molecule has 1 amide bonds. The summed E-state index contributed by atoms with van der Waals surface area (Å²) in [5, 5.41) is 4.42. The van der Waals surface area contributed by atoms with E-state index in [1.807, 2.05) is 32.9 Å². The molecule has 0 aromatic carbocycles. The third kappa shape index (κ3) is 5.23. The van der Waals surface area contributed by atoms with E-state index in [1.54, 1.807) is 11.0 Å². The number of anilines is 4. The van der Waals surface area contributed by atoms with E-state index in [0.29, 0.717) is 22.2 Å². The quantitative estimate of drug-likeness (QED) is 0.455.